The Hall–Kier alpha value is -1.06. The lowest BCUT2D eigenvalue weighted by Gasteiger charge is -2.36. The molecule has 0 aliphatic carbocycles. The van der Waals surface area contributed by atoms with Gasteiger partial charge in [0.05, 0.1) is 13.7 Å². The Morgan fingerprint density at radius 3 is 2.62 bits per heavy atom. The Labute approximate surface area is 172 Å². The van der Waals surface area contributed by atoms with Gasteiger partial charge in [0.25, 0.3) is 0 Å². The van der Waals surface area contributed by atoms with Gasteiger partial charge < -0.3 is 9.15 Å². The summed E-state index contributed by atoms with van der Waals surface area (Å²) in [5.41, 5.74) is 1.20. The van der Waals surface area contributed by atoms with Crippen LogP contribution in [0.1, 0.15) is 37.5 Å². The van der Waals surface area contributed by atoms with E-state index in [4.69, 9.17) is 9.15 Å². The van der Waals surface area contributed by atoms with Gasteiger partial charge in [-0.05, 0) is 56.6 Å². The molecule has 1 aromatic heterocycles. The van der Waals surface area contributed by atoms with Crippen LogP contribution < -0.4 is 4.74 Å². The fourth-order valence-corrected chi connectivity index (χ4v) is 4.27. The Morgan fingerprint density at radius 1 is 1.27 bits per heavy atom. The summed E-state index contributed by atoms with van der Waals surface area (Å²) in [6.45, 7) is 5.99. The summed E-state index contributed by atoms with van der Waals surface area (Å²) in [4.78, 5) is 2.35. The van der Waals surface area contributed by atoms with Gasteiger partial charge in [0.15, 0.2) is 0 Å². The molecule has 0 bridgehead atoms. The van der Waals surface area contributed by atoms with E-state index in [1.807, 2.05) is 12.1 Å². The average Bonchev–Trinajstić information content (AvgIpc) is 3.13. The molecule has 1 aliphatic heterocycles. The molecular weight excluding hydrogens is 465 g/mol. The summed E-state index contributed by atoms with van der Waals surface area (Å²) in [6, 6.07) is 11.5. The van der Waals surface area contributed by atoms with Gasteiger partial charge in [0.2, 0.25) is 14.9 Å². The third-order valence-electron chi connectivity index (χ3n) is 5.20. The second kappa shape index (κ2) is 7.90. The number of benzene rings is 1. The van der Waals surface area contributed by atoms with Gasteiger partial charge in [-0.15, -0.1) is 24.0 Å². The minimum atomic E-state index is -3.30. The van der Waals surface area contributed by atoms with Crippen LogP contribution in [-0.2, 0) is 16.4 Å². The minimum absolute atomic E-state index is 0. The van der Waals surface area contributed by atoms with Crippen LogP contribution in [0.15, 0.2) is 45.9 Å². The molecule has 0 saturated carbocycles. The van der Waals surface area contributed by atoms with Gasteiger partial charge >= 0.3 is 0 Å². The number of rotatable bonds is 5. The summed E-state index contributed by atoms with van der Waals surface area (Å²) in [7, 11) is -1.62. The van der Waals surface area contributed by atoms with Crippen LogP contribution in [0.25, 0.3) is 0 Å². The molecule has 1 fully saturated rings. The maximum absolute atomic E-state index is 11.6. The van der Waals surface area contributed by atoms with Gasteiger partial charge in [-0.1, -0.05) is 12.1 Å². The number of hydrogen-bond acceptors (Lipinski definition) is 5. The van der Waals surface area contributed by atoms with Crippen LogP contribution in [0.4, 0.5) is 0 Å². The zero-order chi connectivity index (χ0) is 18.2. The molecule has 26 heavy (non-hydrogen) atoms. The number of sulfone groups is 1. The van der Waals surface area contributed by atoms with Crippen LogP contribution in [0.3, 0.4) is 0 Å². The molecule has 144 valence electrons. The Kier molecular flexibility index (Phi) is 6.45. The van der Waals surface area contributed by atoms with E-state index < -0.39 is 9.84 Å². The van der Waals surface area contributed by atoms with Crippen molar-refractivity contribution in [2.45, 2.75) is 43.4 Å². The van der Waals surface area contributed by atoms with Gasteiger partial charge in [0, 0.05) is 17.7 Å². The van der Waals surface area contributed by atoms with Gasteiger partial charge in [-0.2, -0.15) is 0 Å². The summed E-state index contributed by atoms with van der Waals surface area (Å²) in [5.74, 6) is 1.93. The second-order valence-corrected chi connectivity index (χ2v) is 9.13. The molecule has 2 heterocycles. The Balaban J connectivity index is 0.00000243. The van der Waals surface area contributed by atoms with Crippen molar-refractivity contribution in [3.8, 4) is 5.75 Å². The normalized spacial score (nSPS) is 19.9. The molecule has 1 aliphatic rings. The van der Waals surface area contributed by atoms with E-state index in [2.05, 4.69) is 30.9 Å². The Morgan fingerprint density at radius 2 is 2.00 bits per heavy atom. The van der Waals surface area contributed by atoms with Crippen LogP contribution in [0, 0.1) is 0 Å². The van der Waals surface area contributed by atoms with Crippen molar-refractivity contribution in [3.63, 3.8) is 0 Å². The first-order valence-electron chi connectivity index (χ1n) is 8.39. The van der Waals surface area contributed by atoms with Crippen LogP contribution in [-0.4, -0.2) is 38.8 Å². The first-order valence-corrected chi connectivity index (χ1v) is 10.3. The lowest BCUT2D eigenvalue weighted by atomic mass is 9.82. The quantitative estimate of drug-likeness (QED) is 0.591. The SMILES string of the molecule is COc1cccc(C2CCN(Cc3ccc(S(C)(=O)=O)o3)C2(C)C)c1.I. The van der Waals surface area contributed by atoms with E-state index >= 15 is 0 Å². The molecule has 1 saturated heterocycles. The van der Waals surface area contributed by atoms with Crippen LogP contribution in [0.2, 0.25) is 0 Å². The van der Waals surface area contributed by atoms with Gasteiger partial charge in [-0.25, -0.2) is 8.42 Å². The van der Waals surface area contributed by atoms with Gasteiger partial charge in [-0.3, -0.25) is 4.90 Å². The highest BCUT2D eigenvalue weighted by Crippen LogP contribution is 2.43. The van der Waals surface area contributed by atoms with E-state index in [0.29, 0.717) is 18.2 Å². The lowest BCUT2D eigenvalue weighted by molar-refractivity contribution is 0.140. The summed E-state index contributed by atoms with van der Waals surface area (Å²) < 4.78 is 34.1. The number of hydrogen-bond donors (Lipinski definition) is 0. The fraction of sp³-hybridized carbons (Fsp3) is 0.474. The van der Waals surface area contributed by atoms with Crippen molar-refractivity contribution in [2.24, 2.45) is 0 Å². The standard InChI is InChI=1S/C19H25NO4S.HI/c1-19(2)17(14-6-5-7-15(12-14)23-3)10-11-20(19)13-16-8-9-18(24-16)25(4,21)22;/h5-9,12,17H,10-11,13H2,1-4H3;1H. The third kappa shape index (κ3) is 4.26. The fourth-order valence-electron chi connectivity index (χ4n) is 3.69. The molecule has 0 N–H and O–H groups in total. The number of halogens is 1. The molecule has 0 spiro atoms. The third-order valence-corrected chi connectivity index (χ3v) is 6.15. The molecule has 5 nitrogen and oxygen atoms in total. The molecule has 1 aromatic carbocycles. The lowest BCUT2D eigenvalue weighted by Crippen LogP contribution is -2.41. The van der Waals surface area contributed by atoms with Crippen molar-refractivity contribution in [2.75, 3.05) is 19.9 Å². The number of nitrogens with zero attached hydrogens (tertiary/aromatic N) is 1. The monoisotopic (exact) mass is 491 g/mol. The highest BCUT2D eigenvalue weighted by molar-refractivity contribution is 14.0. The maximum Gasteiger partial charge on any atom is 0.217 e. The first kappa shape index (κ1) is 21.2. The van der Waals surface area contributed by atoms with E-state index in [-0.39, 0.29) is 34.6 Å². The van der Waals surface area contributed by atoms with Crippen molar-refractivity contribution in [1.29, 1.82) is 0 Å². The molecule has 1 unspecified atom stereocenters. The average molecular weight is 491 g/mol. The topological polar surface area (TPSA) is 59.8 Å². The zero-order valence-corrected chi connectivity index (χ0v) is 18.7. The van der Waals surface area contributed by atoms with Crippen molar-refractivity contribution >= 4 is 33.8 Å². The molecular formula is C19H26INO4S. The molecule has 7 heteroatoms. The molecule has 1 atom stereocenters. The van der Waals surface area contributed by atoms with Crippen LogP contribution in [0.5, 0.6) is 5.75 Å². The van der Waals surface area contributed by atoms with Crippen molar-refractivity contribution in [1.82, 2.24) is 4.90 Å². The Bertz CT molecular complexity index is 860. The molecule has 3 rings (SSSR count). The molecule has 2 aromatic rings. The zero-order valence-electron chi connectivity index (χ0n) is 15.6. The predicted octanol–water partition coefficient (Wildman–Crippen LogP) is 4.08. The number of furan rings is 1. The largest absolute Gasteiger partial charge is 0.497 e. The molecule has 0 radical (unpaired) electrons. The maximum atomic E-state index is 11.6. The van der Waals surface area contributed by atoms with E-state index in [1.54, 1.807) is 13.2 Å². The second-order valence-electron chi connectivity index (χ2n) is 7.19. The van der Waals surface area contributed by atoms with E-state index in [0.717, 1.165) is 25.0 Å². The first-order chi connectivity index (χ1) is 11.7. The summed E-state index contributed by atoms with van der Waals surface area (Å²) in [6.07, 6.45) is 2.20. The number of methoxy groups -OCH3 is 1. The van der Waals surface area contributed by atoms with Gasteiger partial charge in [0.1, 0.15) is 11.5 Å². The van der Waals surface area contributed by atoms with Crippen molar-refractivity contribution in [3.05, 3.63) is 47.7 Å². The highest BCUT2D eigenvalue weighted by atomic mass is 127. The number of ether oxygens (including phenoxy) is 1. The van der Waals surface area contributed by atoms with Crippen molar-refractivity contribution < 1.29 is 17.6 Å². The van der Waals surface area contributed by atoms with Crippen LogP contribution >= 0.6 is 24.0 Å². The summed E-state index contributed by atoms with van der Waals surface area (Å²) in [5, 5.41) is 0.0313. The smallest absolute Gasteiger partial charge is 0.217 e. The minimum Gasteiger partial charge on any atom is -0.497 e. The predicted molar refractivity (Wildman–Crippen MR) is 112 cm³/mol. The highest BCUT2D eigenvalue weighted by Gasteiger charge is 2.42. The number of likely N-dealkylation sites (tertiary alicyclic amines) is 1. The molecule has 0 amide bonds. The van der Waals surface area contributed by atoms with E-state index in [9.17, 15) is 8.42 Å². The summed E-state index contributed by atoms with van der Waals surface area (Å²) >= 11 is 0. The van der Waals surface area contributed by atoms with E-state index in [1.165, 1.54) is 11.6 Å².